The zero-order valence-corrected chi connectivity index (χ0v) is 10.4. The van der Waals surface area contributed by atoms with E-state index in [1.54, 1.807) is 30.1 Å². The van der Waals surface area contributed by atoms with Crippen molar-refractivity contribution in [2.24, 2.45) is 0 Å². The van der Waals surface area contributed by atoms with Crippen LogP contribution in [0.1, 0.15) is 5.56 Å². The van der Waals surface area contributed by atoms with Gasteiger partial charge in [-0.15, -0.1) is 0 Å². The Kier molecular flexibility index (Phi) is 4.06. The predicted molar refractivity (Wildman–Crippen MR) is 64.5 cm³/mol. The maximum atomic E-state index is 12.0. The van der Waals surface area contributed by atoms with Gasteiger partial charge in [-0.05, 0) is 24.7 Å². The van der Waals surface area contributed by atoms with E-state index in [2.05, 4.69) is 15.0 Å². The van der Waals surface area contributed by atoms with Crippen molar-refractivity contribution < 1.29 is 17.9 Å². The van der Waals surface area contributed by atoms with Crippen LogP contribution in [0.15, 0.2) is 24.5 Å². The van der Waals surface area contributed by atoms with Gasteiger partial charge >= 0.3 is 6.18 Å². The van der Waals surface area contributed by atoms with Crippen molar-refractivity contribution in [3.8, 4) is 0 Å². The summed E-state index contributed by atoms with van der Waals surface area (Å²) in [7, 11) is 1.81. The summed E-state index contributed by atoms with van der Waals surface area (Å²) in [6, 6.07) is 3.68. The highest BCUT2D eigenvalue weighted by atomic mass is 19.4. The number of alkyl halides is 3. The van der Waals surface area contributed by atoms with Crippen molar-refractivity contribution in [2.75, 3.05) is 13.7 Å². The van der Waals surface area contributed by atoms with Crippen molar-refractivity contribution in [2.45, 2.75) is 19.5 Å². The molecule has 4 nitrogen and oxygen atoms in total. The second kappa shape index (κ2) is 5.58. The quantitative estimate of drug-likeness (QED) is 0.908. The normalized spacial score (nSPS) is 12.2. The maximum absolute atomic E-state index is 12.0. The molecule has 0 amide bonds. The van der Waals surface area contributed by atoms with Gasteiger partial charge in [-0.2, -0.15) is 13.2 Å². The Morgan fingerprint density at radius 2 is 2.21 bits per heavy atom. The van der Waals surface area contributed by atoms with Crippen molar-refractivity contribution in [3.63, 3.8) is 0 Å². The number of nitrogens with zero attached hydrogens (tertiary/aromatic N) is 2. The summed E-state index contributed by atoms with van der Waals surface area (Å²) >= 11 is 0. The molecule has 2 aromatic rings. The number of hydrogen-bond acceptors (Lipinski definition) is 3. The van der Waals surface area contributed by atoms with E-state index in [4.69, 9.17) is 0 Å². The minimum Gasteiger partial charge on any atom is -0.351 e. The first-order chi connectivity index (χ1) is 9.01. The van der Waals surface area contributed by atoms with E-state index < -0.39 is 12.8 Å². The molecule has 0 aliphatic heterocycles. The van der Waals surface area contributed by atoms with E-state index in [1.165, 1.54) is 0 Å². The molecule has 0 aromatic carbocycles. The Balaban J connectivity index is 2.18. The summed E-state index contributed by atoms with van der Waals surface area (Å²) in [6.07, 6.45) is -0.958. The Bertz CT molecular complexity index is 551. The first-order valence-electron chi connectivity index (χ1n) is 5.73. The van der Waals surface area contributed by atoms with Crippen LogP contribution < -0.4 is 5.32 Å². The highest BCUT2D eigenvalue weighted by Gasteiger charge is 2.27. The molecule has 0 aliphatic carbocycles. The Morgan fingerprint density at radius 1 is 1.42 bits per heavy atom. The van der Waals surface area contributed by atoms with Gasteiger partial charge < -0.3 is 14.6 Å². The summed E-state index contributed by atoms with van der Waals surface area (Å²) < 4.78 is 42.4. The number of fused-ring (bicyclic) bond motifs is 1. The lowest BCUT2D eigenvalue weighted by Crippen LogP contribution is -2.18. The third-order valence-corrected chi connectivity index (χ3v) is 2.58. The zero-order chi connectivity index (χ0) is 13.9. The lowest BCUT2D eigenvalue weighted by molar-refractivity contribution is -0.181. The molecule has 0 bridgehead atoms. The molecule has 1 N–H and O–H groups in total. The van der Waals surface area contributed by atoms with Crippen LogP contribution in [0.3, 0.4) is 0 Å². The van der Waals surface area contributed by atoms with Gasteiger partial charge in [0, 0.05) is 24.3 Å². The van der Waals surface area contributed by atoms with Crippen molar-refractivity contribution in [3.05, 3.63) is 30.1 Å². The summed E-state index contributed by atoms with van der Waals surface area (Å²) in [4.78, 5) is 4.17. The number of nitrogens with one attached hydrogen (secondary N) is 1. The van der Waals surface area contributed by atoms with E-state index in [1.807, 2.05) is 6.07 Å². The van der Waals surface area contributed by atoms with Crippen LogP contribution in [0.5, 0.6) is 0 Å². The van der Waals surface area contributed by atoms with Crippen molar-refractivity contribution >= 4 is 11.0 Å². The number of ether oxygens (including phenoxy) is 1. The van der Waals surface area contributed by atoms with E-state index in [0.717, 1.165) is 10.9 Å². The lowest BCUT2D eigenvalue weighted by Gasteiger charge is -2.08. The van der Waals surface area contributed by atoms with Gasteiger partial charge in [0.15, 0.2) is 0 Å². The summed E-state index contributed by atoms with van der Waals surface area (Å²) in [5.74, 6) is 0. The average Bonchev–Trinajstić information content (AvgIpc) is 2.68. The maximum Gasteiger partial charge on any atom is 0.411 e. The number of halogens is 3. The van der Waals surface area contributed by atoms with Crippen LogP contribution >= 0.6 is 0 Å². The van der Waals surface area contributed by atoms with Gasteiger partial charge in [0.05, 0.1) is 0 Å². The molecule has 0 saturated carbocycles. The number of aromatic nitrogens is 2. The molecule has 0 saturated heterocycles. The molecule has 0 aliphatic rings. The standard InChI is InChI=1S/C12H14F3N3O/c1-16-5-9-6-18(8-19-7-12(13,14)15)11-10(9)3-2-4-17-11/h2-4,6,16H,5,7-8H2,1H3. The molecule has 0 atom stereocenters. The SMILES string of the molecule is CNCc1cn(COCC(F)(F)F)c2ncccc12. The van der Waals surface area contributed by atoms with Gasteiger partial charge in [-0.25, -0.2) is 4.98 Å². The van der Waals surface area contributed by atoms with Gasteiger partial charge in [0.25, 0.3) is 0 Å². The summed E-state index contributed by atoms with van der Waals surface area (Å²) in [6.45, 7) is -0.813. The van der Waals surface area contributed by atoms with E-state index in [-0.39, 0.29) is 6.73 Å². The van der Waals surface area contributed by atoms with Gasteiger partial charge in [-0.3, -0.25) is 0 Å². The third kappa shape index (κ3) is 3.45. The molecule has 2 aromatic heterocycles. The van der Waals surface area contributed by atoms with Crippen LogP contribution in [0.4, 0.5) is 13.2 Å². The summed E-state index contributed by atoms with van der Waals surface area (Å²) in [5, 5.41) is 3.92. The highest BCUT2D eigenvalue weighted by molar-refractivity contribution is 5.80. The molecule has 2 heterocycles. The fraction of sp³-hybridized carbons (Fsp3) is 0.417. The first-order valence-corrected chi connectivity index (χ1v) is 5.73. The minimum absolute atomic E-state index is 0.170. The number of pyridine rings is 1. The Labute approximate surface area is 108 Å². The average molecular weight is 273 g/mol. The second-order valence-corrected chi connectivity index (χ2v) is 4.12. The molecular weight excluding hydrogens is 259 g/mol. The molecule has 0 radical (unpaired) electrons. The largest absolute Gasteiger partial charge is 0.411 e. The topological polar surface area (TPSA) is 39.1 Å². The fourth-order valence-corrected chi connectivity index (χ4v) is 1.88. The summed E-state index contributed by atoms with van der Waals surface area (Å²) in [5.41, 5.74) is 1.59. The molecule has 0 spiro atoms. The lowest BCUT2D eigenvalue weighted by atomic mass is 10.2. The monoisotopic (exact) mass is 273 g/mol. The van der Waals surface area contributed by atoms with Crippen LogP contribution in [0.2, 0.25) is 0 Å². The zero-order valence-electron chi connectivity index (χ0n) is 10.4. The second-order valence-electron chi connectivity index (χ2n) is 4.12. The molecular formula is C12H14F3N3O. The molecule has 0 unspecified atom stereocenters. The fourth-order valence-electron chi connectivity index (χ4n) is 1.88. The van der Waals surface area contributed by atoms with E-state index >= 15 is 0 Å². The Hall–Kier alpha value is -1.60. The highest BCUT2D eigenvalue weighted by Crippen LogP contribution is 2.20. The Morgan fingerprint density at radius 3 is 2.89 bits per heavy atom. The number of hydrogen-bond donors (Lipinski definition) is 1. The van der Waals surface area contributed by atoms with Gasteiger partial charge in [-0.1, -0.05) is 0 Å². The molecule has 7 heteroatoms. The van der Waals surface area contributed by atoms with Crippen LogP contribution in [-0.2, 0) is 18.0 Å². The van der Waals surface area contributed by atoms with E-state index in [0.29, 0.717) is 12.2 Å². The molecule has 104 valence electrons. The van der Waals surface area contributed by atoms with Crippen LogP contribution in [-0.4, -0.2) is 29.4 Å². The van der Waals surface area contributed by atoms with Crippen molar-refractivity contribution in [1.29, 1.82) is 0 Å². The van der Waals surface area contributed by atoms with Crippen LogP contribution in [0, 0.1) is 0 Å². The number of rotatable bonds is 5. The van der Waals surface area contributed by atoms with Gasteiger partial charge in [0.2, 0.25) is 0 Å². The predicted octanol–water partition coefficient (Wildman–Crippen LogP) is 2.29. The van der Waals surface area contributed by atoms with Crippen molar-refractivity contribution in [1.82, 2.24) is 14.9 Å². The molecule has 0 fully saturated rings. The minimum atomic E-state index is -4.32. The van der Waals surface area contributed by atoms with Crippen LogP contribution in [0.25, 0.3) is 11.0 Å². The van der Waals surface area contributed by atoms with Gasteiger partial charge in [0.1, 0.15) is 19.0 Å². The first kappa shape index (κ1) is 13.8. The smallest absolute Gasteiger partial charge is 0.351 e. The molecule has 19 heavy (non-hydrogen) atoms. The molecule has 2 rings (SSSR count). The van der Waals surface area contributed by atoms with E-state index in [9.17, 15) is 13.2 Å². The third-order valence-electron chi connectivity index (χ3n) is 2.58.